The van der Waals surface area contributed by atoms with Crippen molar-refractivity contribution < 1.29 is 4.79 Å². The van der Waals surface area contributed by atoms with E-state index in [1.807, 2.05) is 32.0 Å². The average molecular weight is 262 g/mol. The maximum Gasteiger partial charge on any atom is 0.224 e. The van der Waals surface area contributed by atoms with Crippen molar-refractivity contribution in [2.24, 2.45) is 11.7 Å². The van der Waals surface area contributed by atoms with E-state index >= 15 is 0 Å². The molecule has 0 fully saturated rings. The fraction of sp³-hybridized carbons (Fsp3) is 0.562. The lowest BCUT2D eigenvalue weighted by molar-refractivity contribution is -0.116. The van der Waals surface area contributed by atoms with Gasteiger partial charge in [0.25, 0.3) is 0 Å². The van der Waals surface area contributed by atoms with E-state index in [1.165, 1.54) is 0 Å². The van der Waals surface area contributed by atoms with Gasteiger partial charge in [-0.1, -0.05) is 31.5 Å². The average Bonchev–Trinajstić information content (AvgIpc) is 2.39. The molecule has 0 aliphatic rings. The molecule has 0 spiro atoms. The summed E-state index contributed by atoms with van der Waals surface area (Å²) in [5.74, 6) is 0.668. The van der Waals surface area contributed by atoms with Crippen molar-refractivity contribution in [3.8, 4) is 0 Å². The molecular formula is C16H26N2O. The third-order valence-electron chi connectivity index (χ3n) is 3.68. The fourth-order valence-electron chi connectivity index (χ4n) is 2.34. The van der Waals surface area contributed by atoms with Crippen molar-refractivity contribution >= 4 is 11.6 Å². The van der Waals surface area contributed by atoms with Crippen LogP contribution in [0.25, 0.3) is 0 Å². The number of nitrogens with two attached hydrogens (primary N) is 1. The Labute approximate surface area is 116 Å². The summed E-state index contributed by atoms with van der Waals surface area (Å²) in [4.78, 5) is 12.0. The minimum absolute atomic E-state index is 0.105. The lowest BCUT2D eigenvalue weighted by Crippen LogP contribution is -2.16. The van der Waals surface area contributed by atoms with Gasteiger partial charge in [0, 0.05) is 12.1 Å². The molecule has 0 saturated carbocycles. The van der Waals surface area contributed by atoms with Crippen molar-refractivity contribution in [1.29, 1.82) is 0 Å². The molecule has 3 heteroatoms. The minimum atomic E-state index is 0.105. The van der Waals surface area contributed by atoms with Crippen LogP contribution < -0.4 is 11.1 Å². The molecule has 0 aliphatic carbocycles. The molecule has 0 aliphatic heterocycles. The summed E-state index contributed by atoms with van der Waals surface area (Å²) in [5, 5.41) is 3.03. The van der Waals surface area contributed by atoms with E-state index in [1.54, 1.807) is 0 Å². The summed E-state index contributed by atoms with van der Waals surface area (Å²) < 4.78 is 0. The lowest BCUT2D eigenvalue weighted by Gasteiger charge is -2.15. The largest absolute Gasteiger partial charge is 0.330 e. The molecule has 3 N–H and O–H groups in total. The van der Waals surface area contributed by atoms with E-state index in [0.717, 1.165) is 36.1 Å². The van der Waals surface area contributed by atoms with Crippen molar-refractivity contribution in [3.05, 3.63) is 29.3 Å². The predicted octanol–water partition coefficient (Wildman–Crippen LogP) is 3.40. The van der Waals surface area contributed by atoms with Crippen LogP contribution in [-0.2, 0) is 4.79 Å². The molecule has 1 unspecified atom stereocenters. The highest BCUT2D eigenvalue weighted by molar-refractivity contribution is 5.92. The molecular weight excluding hydrogens is 236 g/mol. The summed E-state index contributed by atoms with van der Waals surface area (Å²) in [5.41, 5.74) is 8.76. The van der Waals surface area contributed by atoms with Gasteiger partial charge in [0.1, 0.15) is 0 Å². The molecule has 0 heterocycles. The van der Waals surface area contributed by atoms with Crippen LogP contribution in [0, 0.1) is 19.8 Å². The van der Waals surface area contributed by atoms with Gasteiger partial charge in [-0.05, 0) is 50.3 Å². The van der Waals surface area contributed by atoms with Crippen molar-refractivity contribution in [3.63, 3.8) is 0 Å². The molecule has 3 nitrogen and oxygen atoms in total. The first-order valence-electron chi connectivity index (χ1n) is 7.14. The van der Waals surface area contributed by atoms with Gasteiger partial charge in [-0.2, -0.15) is 0 Å². The van der Waals surface area contributed by atoms with Crippen molar-refractivity contribution in [2.45, 2.75) is 46.5 Å². The SMILES string of the molecule is CCC(CCN)CCC(=O)Nc1c(C)cccc1C. The van der Waals surface area contributed by atoms with Gasteiger partial charge in [-0.15, -0.1) is 0 Å². The number of anilines is 1. The van der Waals surface area contributed by atoms with E-state index in [0.29, 0.717) is 18.9 Å². The summed E-state index contributed by atoms with van der Waals surface area (Å²) in [6, 6.07) is 6.05. The van der Waals surface area contributed by atoms with E-state index < -0.39 is 0 Å². The first-order valence-corrected chi connectivity index (χ1v) is 7.14. The first-order chi connectivity index (χ1) is 9.08. The zero-order valence-electron chi connectivity index (χ0n) is 12.3. The minimum Gasteiger partial charge on any atom is -0.330 e. The fourth-order valence-corrected chi connectivity index (χ4v) is 2.34. The van der Waals surface area contributed by atoms with Gasteiger partial charge in [0.05, 0.1) is 0 Å². The van der Waals surface area contributed by atoms with Gasteiger partial charge >= 0.3 is 0 Å². The van der Waals surface area contributed by atoms with Crippen LogP contribution in [0.4, 0.5) is 5.69 Å². The van der Waals surface area contributed by atoms with Gasteiger partial charge in [0.2, 0.25) is 5.91 Å². The van der Waals surface area contributed by atoms with Crippen molar-refractivity contribution in [2.75, 3.05) is 11.9 Å². The number of para-hydroxylation sites is 1. The molecule has 19 heavy (non-hydrogen) atoms. The van der Waals surface area contributed by atoms with Crippen LogP contribution in [0.1, 0.15) is 43.7 Å². The molecule has 1 amide bonds. The number of aryl methyl sites for hydroxylation is 2. The molecule has 106 valence electrons. The van der Waals surface area contributed by atoms with Gasteiger partial charge < -0.3 is 11.1 Å². The number of carbonyl (C=O) groups is 1. The van der Waals surface area contributed by atoms with E-state index in [2.05, 4.69) is 12.2 Å². The van der Waals surface area contributed by atoms with Crippen LogP contribution in [0.3, 0.4) is 0 Å². The Kier molecular flexibility index (Phi) is 6.57. The first kappa shape index (κ1) is 15.7. The molecule has 1 rings (SSSR count). The van der Waals surface area contributed by atoms with Gasteiger partial charge in [-0.3, -0.25) is 4.79 Å². The Bertz CT molecular complexity index is 395. The second-order valence-corrected chi connectivity index (χ2v) is 5.21. The number of benzene rings is 1. The quantitative estimate of drug-likeness (QED) is 0.791. The van der Waals surface area contributed by atoms with Crippen molar-refractivity contribution in [1.82, 2.24) is 0 Å². The Balaban J connectivity index is 2.51. The van der Waals surface area contributed by atoms with Crippen LogP contribution in [0.2, 0.25) is 0 Å². The summed E-state index contributed by atoms with van der Waals surface area (Å²) in [6.45, 7) is 6.90. The summed E-state index contributed by atoms with van der Waals surface area (Å²) in [6.07, 6.45) is 3.60. The van der Waals surface area contributed by atoms with E-state index in [-0.39, 0.29) is 5.91 Å². The maximum absolute atomic E-state index is 12.0. The number of rotatable bonds is 7. The molecule has 0 aromatic heterocycles. The lowest BCUT2D eigenvalue weighted by atomic mass is 9.96. The maximum atomic E-state index is 12.0. The highest BCUT2D eigenvalue weighted by atomic mass is 16.1. The monoisotopic (exact) mass is 262 g/mol. The summed E-state index contributed by atoms with van der Waals surface area (Å²) in [7, 11) is 0. The predicted molar refractivity (Wildman–Crippen MR) is 81.2 cm³/mol. The zero-order valence-corrected chi connectivity index (χ0v) is 12.3. The Hall–Kier alpha value is -1.35. The molecule has 0 saturated heterocycles. The molecule has 0 radical (unpaired) electrons. The van der Waals surface area contributed by atoms with Gasteiger partial charge in [0.15, 0.2) is 0 Å². The Morgan fingerprint density at radius 1 is 1.26 bits per heavy atom. The standard InChI is InChI=1S/C16H26N2O/c1-4-14(10-11-17)8-9-15(19)18-16-12(2)6-5-7-13(16)3/h5-7,14H,4,8-11,17H2,1-3H3,(H,18,19). The molecule has 1 atom stereocenters. The number of amides is 1. The Morgan fingerprint density at radius 3 is 2.42 bits per heavy atom. The van der Waals surface area contributed by atoms with Crippen LogP contribution in [-0.4, -0.2) is 12.5 Å². The number of hydrogen-bond acceptors (Lipinski definition) is 2. The molecule has 1 aromatic carbocycles. The third-order valence-corrected chi connectivity index (χ3v) is 3.68. The normalized spacial score (nSPS) is 12.2. The summed E-state index contributed by atoms with van der Waals surface area (Å²) >= 11 is 0. The number of nitrogens with one attached hydrogen (secondary N) is 1. The smallest absolute Gasteiger partial charge is 0.224 e. The third kappa shape index (κ3) is 5.03. The van der Waals surface area contributed by atoms with E-state index in [4.69, 9.17) is 5.73 Å². The van der Waals surface area contributed by atoms with E-state index in [9.17, 15) is 4.79 Å². The second kappa shape index (κ2) is 7.95. The molecule has 1 aromatic rings. The number of hydrogen-bond donors (Lipinski definition) is 2. The van der Waals surface area contributed by atoms with Crippen LogP contribution in [0.15, 0.2) is 18.2 Å². The zero-order chi connectivity index (χ0) is 14.3. The Morgan fingerprint density at radius 2 is 1.89 bits per heavy atom. The second-order valence-electron chi connectivity index (χ2n) is 5.21. The van der Waals surface area contributed by atoms with Gasteiger partial charge in [-0.25, -0.2) is 0 Å². The molecule has 0 bridgehead atoms. The number of carbonyl (C=O) groups excluding carboxylic acids is 1. The van der Waals surface area contributed by atoms with Crippen LogP contribution >= 0.6 is 0 Å². The topological polar surface area (TPSA) is 55.1 Å². The highest BCUT2D eigenvalue weighted by Gasteiger charge is 2.11. The highest BCUT2D eigenvalue weighted by Crippen LogP contribution is 2.21. The van der Waals surface area contributed by atoms with Crippen LogP contribution in [0.5, 0.6) is 0 Å².